The Labute approximate surface area is 121 Å². The third-order valence-electron chi connectivity index (χ3n) is 2.65. The molecular formula is C14H27N3O3. The molecule has 20 heavy (non-hydrogen) atoms. The van der Waals surface area contributed by atoms with Crippen LogP contribution in [0.3, 0.4) is 0 Å². The van der Waals surface area contributed by atoms with E-state index in [1.54, 1.807) is 0 Å². The summed E-state index contributed by atoms with van der Waals surface area (Å²) in [5, 5.41) is 8.14. The van der Waals surface area contributed by atoms with Crippen LogP contribution in [0.5, 0.6) is 0 Å². The van der Waals surface area contributed by atoms with Crippen LogP contribution in [0.25, 0.3) is 0 Å². The van der Waals surface area contributed by atoms with Crippen LogP contribution in [-0.4, -0.2) is 54.6 Å². The molecule has 0 radical (unpaired) electrons. The first-order valence-electron chi connectivity index (χ1n) is 7.49. The average Bonchev–Trinajstić information content (AvgIpc) is 2.89. The second-order valence-electron chi connectivity index (χ2n) is 4.56. The van der Waals surface area contributed by atoms with E-state index in [-0.39, 0.29) is 0 Å². The van der Waals surface area contributed by atoms with Crippen LogP contribution in [0, 0.1) is 0 Å². The van der Waals surface area contributed by atoms with Crippen LogP contribution in [0.15, 0.2) is 6.20 Å². The molecule has 1 aromatic rings. The summed E-state index contributed by atoms with van der Waals surface area (Å²) in [6.45, 7) is 8.89. The van der Waals surface area contributed by atoms with Gasteiger partial charge in [-0.25, -0.2) is 4.68 Å². The molecule has 0 atom stereocenters. The number of nitrogens with zero attached hydrogens (tertiary/aromatic N) is 3. The highest BCUT2D eigenvalue weighted by Gasteiger charge is 1.99. The number of hydrogen-bond donors (Lipinski definition) is 0. The molecule has 0 aromatic carbocycles. The molecule has 0 aliphatic heterocycles. The van der Waals surface area contributed by atoms with Gasteiger partial charge in [-0.3, -0.25) is 0 Å². The molecule has 0 aliphatic rings. The second-order valence-corrected chi connectivity index (χ2v) is 4.56. The molecule has 0 saturated heterocycles. The van der Waals surface area contributed by atoms with E-state index in [2.05, 4.69) is 24.2 Å². The van der Waals surface area contributed by atoms with Gasteiger partial charge in [-0.2, -0.15) is 0 Å². The minimum atomic E-state index is 0.601. The first-order chi connectivity index (χ1) is 9.86. The minimum Gasteiger partial charge on any atom is -0.379 e. The average molecular weight is 285 g/mol. The fourth-order valence-corrected chi connectivity index (χ4v) is 1.66. The predicted molar refractivity (Wildman–Crippen MR) is 76.8 cm³/mol. The Balaban J connectivity index is 1.89. The van der Waals surface area contributed by atoms with Crippen molar-refractivity contribution in [2.75, 3.05) is 39.6 Å². The molecule has 0 fully saturated rings. The Morgan fingerprint density at radius 1 is 0.900 bits per heavy atom. The van der Waals surface area contributed by atoms with Crippen molar-refractivity contribution in [3.8, 4) is 0 Å². The summed E-state index contributed by atoms with van der Waals surface area (Å²) in [6, 6.07) is 0. The molecular weight excluding hydrogens is 258 g/mol. The SMILES string of the molecule is CCCOCCOCCOCCn1cc(CCC)nn1. The van der Waals surface area contributed by atoms with Gasteiger partial charge >= 0.3 is 0 Å². The van der Waals surface area contributed by atoms with Gasteiger partial charge in [0.25, 0.3) is 0 Å². The van der Waals surface area contributed by atoms with Gasteiger partial charge in [0.1, 0.15) is 0 Å². The summed E-state index contributed by atoms with van der Waals surface area (Å²) in [6.07, 6.45) is 5.10. The molecule has 0 unspecified atom stereocenters. The third-order valence-corrected chi connectivity index (χ3v) is 2.65. The fourth-order valence-electron chi connectivity index (χ4n) is 1.66. The monoisotopic (exact) mass is 285 g/mol. The minimum absolute atomic E-state index is 0.601. The van der Waals surface area contributed by atoms with Gasteiger partial charge in [0.05, 0.1) is 45.3 Å². The van der Waals surface area contributed by atoms with Crippen molar-refractivity contribution in [1.82, 2.24) is 15.0 Å². The van der Waals surface area contributed by atoms with Crippen LogP contribution in [0.1, 0.15) is 32.4 Å². The van der Waals surface area contributed by atoms with Crippen LogP contribution in [0.4, 0.5) is 0 Å². The maximum absolute atomic E-state index is 5.48. The summed E-state index contributed by atoms with van der Waals surface area (Å²) >= 11 is 0. The number of aryl methyl sites for hydroxylation is 1. The summed E-state index contributed by atoms with van der Waals surface area (Å²) in [5.74, 6) is 0. The number of aromatic nitrogens is 3. The number of ether oxygens (including phenoxy) is 3. The molecule has 6 nitrogen and oxygen atoms in total. The fraction of sp³-hybridized carbons (Fsp3) is 0.857. The molecule has 0 N–H and O–H groups in total. The highest BCUT2D eigenvalue weighted by molar-refractivity contribution is 4.91. The highest BCUT2D eigenvalue weighted by atomic mass is 16.5. The van der Waals surface area contributed by atoms with E-state index in [4.69, 9.17) is 14.2 Å². The summed E-state index contributed by atoms with van der Waals surface area (Å²) in [5.41, 5.74) is 1.04. The zero-order valence-corrected chi connectivity index (χ0v) is 12.7. The quantitative estimate of drug-likeness (QED) is 0.516. The lowest BCUT2D eigenvalue weighted by molar-refractivity contribution is 0.0128. The maximum atomic E-state index is 5.48. The van der Waals surface area contributed by atoms with Crippen molar-refractivity contribution in [1.29, 1.82) is 0 Å². The Morgan fingerprint density at radius 2 is 1.55 bits per heavy atom. The lowest BCUT2D eigenvalue weighted by Gasteiger charge is -2.06. The zero-order valence-electron chi connectivity index (χ0n) is 12.7. The highest BCUT2D eigenvalue weighted by Crippen LogP contribution is 1.97. The van der Waals surface area contributed by atoms with Crippen LogP contribution in [-0.2, 0) is 27.2 Å². The van der Waals surface area contributed by atoms with Crippen molar-refractivity contribution in [3.63, 3.8) is 0 Å². The van der Waals surface area contributed by atoms with Crippen LogP contribution in [0.2, 0.25) is 0 Å². The van der Waals surface area contributed by atoms with Crippen LogP contribution < -0.4 is 0 Å². The van der Waals surface area contributed by atoms with Gasteiger partial charge < -0.3 is 14.2 Å². The van der Waals surface area contributed by atoms with Crippen molar-refractivity contribution in [2.24, 2.45) is 0 Å². The third kappa shape index (κ3) is 8.24. The van der Waals surface area contributed by atoms with E-state index in [1.807, 2.05) is 10.9 Å². The van der Waals surface area contributed by atoms with E-state index in [1.165, 1.54) is 0 Å². The number of rotatable bonds is 13. The molecule has 1 rings (SSSR count). The van der Waals surface area contributed by atoms with Gasteiger partial charge in [-0.1, -0.05) is 25.5 Å². The number of hydrogen-bond acceptors (Lipinski definition) is 5. The molecule has 0 spiro atoms. The smallest absolute Gasteiger partial charge is 0.0827 e. The summed E-state index contributed by atoms with van der Waals surface area (Å²) in [7, 11) is 0. The van der Waals surface area contributed by atoms with Crippen molar-refractivity contribution < 1.29 is 14.2 Å². The summed E-state index contributed by atoms with van der Waals surface area (Å²) < 4.78 is 18.0. The first kappa shape index (κ1) is 17.1. The van der Waals surface area contributed by atoms with E-state index < -0.39 is 0 Å². The topological polar surface area (TPSA) is 58.4 Å². The molecule has 116 valence electrons. The van der Waals surface area contributed by atoms with Crippen molar-refractivity contribution in [2.45, 2.75) is 39.7 Å². The van der Waals surface area contributed by atoms with E-state index in [9.17, 15) is 0 Å². The molecule has 0 saturated carbocycles. The lowest BCUT2D eigenvalue weighted by Crippen LogP contribution is -2.12. The second kappa shape index (κ2) is 11.8. The maximum Gasteiger partial charge on any atom is 0.0827 e. The Kier molecular flexibility index (Phi) is 10.1. The van der Waals surface area contributed by atoms with E-state index >= 15 is 0 Å². The molecule has 6 heteroatoms. The summed E-state index contributed by atoms with van der Waals surface area (Å²) in [4.78, 5) is 0. The van der Waals surface area contributed by atoms with Gasteiger partial charge in [0, 0.05) is 12.8 Å². The zero-order chi connectivity index (χ0) is 14.5. The predicted octanol–water partition coefficient (Wildman–Crippen LogP) is 1.69. The molecule has 1 heterocycles. The first-order valence-corrected chi connectivity index (χ1v) is 7.49. The standard InChI is InChI=1S/C14H27N3O3/c1-3-5-14-13-17(16-15-14)6-8-19-10-12-20-11-9-18-7-4-2/h13H,3-12H2,1-2H3. The van der Waals surface area contributed by atoms with Crippen molar-refractivity contribution in [3.05, 3.63) is 11.9 Å². The lowest BCUT2D eigenvalue weighted by atomic mass is 10.3. The van der Waals surface area contributed by atoms with Crippen molar-refractivity contribution >= 4 is 0 Å². The normalized spacial score (nSPS) is 11.1. The van der Waals surface area contributed by atoms with Gasteiger partial charge in [-0.15, -0.1) is 5.10 Å². The molecule has 1 aromatic heterocycles. The molecule has 0 bridgehead atoms. The Hall–Kier alpha value is -0.980. The van der Waals surface area contributed by atoms with Crippen LogP contribution >= 0.6 is 0 Å². The van der Waals surface area contributed by atoms with Gasteiger partial charge in [0.15, 0.2) is 0 Å². The van der Waals surface area contributed by atoms with E-state index in [0.717, 1.165) is 38.1 Å². The van der Waals surface area contributed by atoms with E-state index in [0.29, 0.717) is 33.0 Å². The van der Waals surface area contributed by atoms with Gasteiger partial charge in [0.2, 0.25) is 0 Å². The largest absolute Gasteiger partial charge is 0.379 e. The molecule has 0 amide bonds. The Morgan fingerprint density at radius 3 is 2.20 bits per heavy atom. The Bertz CT molecular complexity index is 331. The van der Waals surface area contributed by atoms with Gasteiger partial charge in [-0.05, 0) is 12.8 Å². The molecule has 0 aliphatic carbocycles.